The summed E-state index contributed by atoms with van der Waals surface area (Å²) in [7, 11) is 0. The highest BCUT2D eigenvalue weighted by atomic mass is 15.2. The van der Waals surface area contributed by atoms with Crippen LogP contribution in [0.3, 0.4) is 0 Å². The normalized spacial score (nSPS) is 18.4. The number of allylic oxidation sites excluding steroid dienone is 1. The lowest BCUT2D eigenvalue weighted by atomic mass is 9.88. The van der Waals surface area contributed by atoms with Crippen LogP contribution in [0.2, 0.25) is 0 Å². The number of nitrogens with one attached hydrogen (secondary N) is 1. The highest BCUT2D eigenvalue weighted by molar-refractivity contribution is 4.95. The highest BCUT2D eigenvalue weighted by Gasteiger charge is 2.35. The average Bonchev–Trinajstić information content (AvgIpc) is 2.96. The Hall–Kier alpha value is -0.340. The molecule has 1 unspecified atom stereocenters. The topological polar surface area (TPSA) is 15.3 Å². The number of hydrogen-bond donors (Lipinski definition) is 1. The van der Waals surface area contributed by atoms with Crippen LogP contribution in [0.25, 0.3) is 0 Å². The third kappa shape index (κ3) is 5.57. The smallest absolute Gasteiger partial charge is 0.0306 e. The fraction of sp³-hybridized carbons (Fsp3) is 0.889. The van der Waals surface area contributed by atoms with Gasteiger partial charge in [-0.1, -0.05) is 25.8 Å². The van der Waals surface area contributed by atoms with Gasteiger partial charge in [-0.25, -0.2) is 0 Å². The van der Waals surface area contributed by atoms with Crippen molar-refractivity contribution in [3.8, 4) is 0 Å². The summed E-state index contributed by atoms with van der Waals surface area (Å²) in [6, 6.07) is 0.629. The van der Waals surface area contributed by atoms with E-state index in [1.807, 2.05) is 6.08 Å². The molecule has 118 valence electrons. The maximum absolute atomic E-state index is 3.82. The van der Waals surface area contributed by atoms with Crippen LogP contribution in [0.15, 0.2) is 12.7 Å². The third-order valence-corrected chi connectivity index (χ3v) is 4.82. The molecule has 1 atom stereocenters. The molecular formula is C18H36N2. The second kappa shape index (κ2) is 9.57. The van der Waals surface area contributed by atoms with Crippen LogP contribution in [0, 0.1) is 0 Å². The van der Waals surface area contributed by atoms with Crippen molar-refractivity contribution in [3.63, 3.8) is 0 Å². The van der Waals surface area contributed by atoms with E-state index < -0.39 is 0 Å². The number of hydrogen-bond acceptors (Lipinski definition) is 2. The van der Waals surface area contributed by atoms with E-state index in [-0.39, 0.29) is 0 Å². The first-order chi connectivity index (χ1) is 9.62. The van der Waals surface area contributed by atoms with Crippen LogP contribution in [0.4, 0.5) is 0 Å². The molecule has 0 radical (unpaired) electrons. The van der Waals surface area contributed by atoms with Crippen LogP contribution < -0.4 is 5.32 Å². The molecule has 1 fully saturated rings. The average molecular weight is 280 g/mol. The largest absolute Gasteiger partial charge is 0.312 e. The second-order valence-electron chi connectivity index (χ2n) is 6.78. The van der Waals surface area contributed by atoms with Crippen LogP contribution >= 0.6 is 0 Å². The Bertz CT molecular complexity index is 254. The van der Waals surface area contributed by atoms with Crippen LogP contribution in [0.5, 0.6) is 0 Å². The van der Waals surface area contributed by atoms with Gasteiger partial charge in [0.2, 0.25) is 0 Å². The molecule has 1 rings (SSSR count). The zero-order valence-electron chi connectivity index (χ0n) is 14.1. The fourth-order valence-corrected chi connectivity index (χ4v) is 3.35. The molecule has 0 bridgehead atoms. The Morgan fingerprint density at radius 2 is 1.90 bits per heavy atom. The summed E-state index contributed by atoms with van der Waals surface area (Å²) in [6.07, 6.45) is 12.5. The first-order valence-corrected chi connectivity index (χ1v) is 8.72. The lowest BCUT2D eigenvalue weighted by Crippen LogP contribution is -2.57. The first-order valence-electron chi connectivity index (χ1n) is 8.72. The molecule has 0 aromatic rings. The Morgan fingerprint density at radius 1 is 1.20 bits per heavy atom. The van der Waals surface area contributed by atoms with Gasteiger partial charge in [0.25, 0.3) is 0 Å². The zero-order chi connectivity index (χ0) is 14.8. The van der Waals surface area contributed by atoms with Crippen molar-refractivity contribution in [2.24, 2.45) is 0 Å². The number of nitrogens with zero attached hydrogens (tertiary/aromatic N) is 1. The van der Waals surface area contributed by atoms with Gasteiger partial charge >= 0.3 is 0 Å². The summed E-state index contributed by atoms with van der Waals surface area (Å²) in [4.78, 5) is 2.70. The van der Waals surface area contributed by atoms with Gasteiger partial charge < -0.3 is 5.32 Å². The Labute approximate surface area is 127 Å². The van der Waals surface area contributed by atoms with Gasteiger partial charge in [0.05, 0.1) is 0 Å². The predicted molar refractivity (Wildman–Crippen MR) is 90.2 cm³/mol. The van der Waals surface area contributed by atoms with Crippen molar-refractivity contribution in [2.75, 3.05) is 19.6 Å². The van der Waals surface area contributed by atoms with Crippen molar-refractivity contribution in [3.05, 3.63) is 12.7 Å². The lowest BCUT2D eigenvalue weighted by molar-refractivity contribution is 0.101. The summed E-state index contributed by atoms with van der Waals surface area (Å²) in [5, 5.41) is 3.82. The minimum atomic E-state index is 0.296. The summed E-state index contributed by atoms with van der Waals surface area (Å²) in [5.41, 5.74) is 0.296. The third-order valence-electron chi connectivity index (χ3n) is 4.82. The molecule has 2 heteroatoms. The number of likely N-dealkylation sites (tertiary alicyclic amines) is 1. The minimum absolute atomic E-state index is 0.296. The van der Waals surface area contributed by atoms with Crippen molar-refractivity contribution >= 4 is 0 Å². The molecule has 0 aliphatic carbocycles. The predicted octanol–water partition coefficient (Wildman–Crippen LogP) is 4.37. The van der Waals surface area contributed by atoms with E-state index in [9.17, 15) is 0 Å². The van der Waals surface area contributed by atoms with Gasteiger partial charge in [0.1, 0.15) is 0 Å². The molecule has 1 aliphatic heterocycles. The van der Waals surface area contributed by atoms with Gasteiger partial charge in [0.15, 0.2) is 0 Å². The molecule has 2 nitrogen and oxygen atoms in total. The second-order valence-corrected chi connectivity index (χ2v) is 6.78. The molecular weight excluding hydrogens is 244 g/mol. The minimum Gasteiger partial charge on any atom is -0.312 e. The molecule has 0 spiro atoms. The Balaban J connectivity index is 2.46. The Kier molecular flexibility index (Phi) is 8.47. The van der Waals surface area contributed by atoms with Gasteiger partial charge in [-0.2, -0.15) is 0 Å². The van der Waals surface area contributed by atoms with Crippen LogP contribution in [0.1, 0.15) is 72.1 Å². The zero-order valence-corrected chi connectivity index (χ0v) is 14.1. The van der Waals surface area contributed by atoms with Crippen molar-refractivity contribution < 1.29 is 0 Å². The van der Waals surface area contributed by atoms with Gasteiger partial charge in [-0.05, 0) is 72.0 Å². The Morgan fingerprint density at radius 3 is 2.50 bits per heavy atom. The maximum atomic E-state index is 3.82. The molecule has 0 amide bonds. The van der Waals surface area contributed by atoms with E-state index in [2.05, 4.69) is 37.6 Å². The van der Waals surface area contributed by atoms with E-state index in [1.54, 1.807) is 0 Å². The standard InChI is InChI=1S/C18H36N2/c1-5-7-8-9-10-13-17(19-14-6-2)18(3,4)20-15-11-12-16-20/h5,17,19H,1,6-16H2,2-4H3. The van der Waals surface area contributed by atoms with Gasteiger partial charge in [-0.3, -0.25) is 4.90 Å². The van der Waals surface area contributed by atoms with E-state index in [1.165, 1.54) is 64.5 Å². The molecule has 1 aliphatic rings. The lowest BCUT2D eigenvalue weighted by Gasteiger charge is -2.43. The summed E-state index contributed by atoms with van der Waals surface area (Å²) in [5.74, 6) is 0. The van der Waals surface area contributed by atoms with Crippen LogP contribution in [-0.4, -0.2) is 36.1 Å². The van der Waals surface area contributed by atoms with Crippen LogP contribution in [-0.2, 0) is 0 Å². The molecule has 0 aromatic carbocycles. The number of rotatable bonds is 11. The van der Waals surface area contributed by atoms with Gasteiger partial charge in [0, 0.05) is 11.6 Å². The van der Waals surface area contributed by atoms with Crippen molar-refractivity contribution in [1.29, 1.82) is 0 Å². The van der Waals surface area contributed by atoms with E-state index in [0.29, 0.717) is 11.6 Å². The van der Waals surface area contributed by atoms with Gasteiger partial charge in [-0.15, -0.1) is 6.58 Å². The molecule has 20 heavy (non-hydrogen) atoms. The monoisotopic (exact) mass is 280 g/mol. The fourth-order valence-electron chi connectivity index (χ4n) is 3.35. The maximum Gasteiger partial charge on any atom is 0.0306 e. The van der Waals surface area contributed by atoms with E-state index in [0.717, 1.165) is 6.54 Å². The summed E-state index contributed by atoms with van der Waals surface area (Å²) >= 11 is 0. The quantitative estimate of drug-likeness (QED) is 0.447. The SMILES string of the molecule is C=CCCCCCC(NCCC)C(C)(C)N1CCCC1. The summed E-state index contributed by atoms with van der Waals surface area (Å²) < 4.78 is 0. The summed E-state index contributed by atoms with van der Waals surface area (Å²) in [6.45, 7) is 14.7. The number of unbranched alkanes of at least 4 members (excludes halogenated alkanes) is 3. The highest BCUT2D eigenvalue weighted by Crippen LogP contribution is 2.27. The molecule has 0 saturated carbocycles. The first kappa shape index (κ1) is 17.7. The van der Waals surface area contributed by atoms with Crippen molar-refractivity contribution in [1.82, 2.24) is 10.2 Å². The molecule has 0 aromatic heterocycles. The molecule has 1 heterocycles. The van der Waals surface area contributed by atoms with E-state index in [4.69, 9.17) is 0 Å². The molecule has 1 saturated heterocycles. The van der Waals surface area contributed by atoms with Crippen molar-refractivity contribution in [2.45, 2.75) is 83.7 Å². The molecule has 1 N–H and O–H groups in total. The van der Waals surface area contributed by atoms with E-state index >= 15 is 0 Å².